The standard InChI is InChI=1S/C27H31Cl2N3O/c1-5-27(6-2,19-12-13-21(28)22(29)14-19)16-24(33)20-17-30-32-25(20)31-23(15-26(32,3)4)18-10-8-7-9-11-18/h7-14,17,23,31H,5-6,15-16H2,1-4H3. The molecule has 3 aromatic rings. The van der Waals surface area contributed by atoms with Crippen LogP contribution in [-0.4, -0.2) is 15.6 Å². The Labute approximate surface area is 206 Å². The largest absolute Gasteiger partial charge is 0.363 e. The molecule has 1 aromatic heterocycles. The molecular formula is C27H31Cl2N3O. The molecule has 2 heterocycles. The normalized spacial score (nSPS) is 17.3. The van der Waals surface area contributed by atoms with E-state index in [-0.39, 0.29) is 22.8 Å². The number of nitrogens with zero attached hydrogens (tertiary/aromatic N) is 2. The molecule has 1 aliphatic heterocycles. The molecule has 174 valence electrons. The highest BCUT2D eigenvalue weighted by Crippen LogP contribution is 2.43. The summed E-state index contributed by atoms with van der Waals surface area (Å²) >= 11 is 12.5. The Hall–Kier alpha value is -2.30. The summed E-state index contributed by atoms with van der Waals surface area (Å²) in [6.07, 6.45) is 4.64. The Morgan fingerprint density at radius 3 is 2.45 bits per heavy atom. The number of rotatable bonds is 7. The zero-order valence-corrected chi connectivity index (χ0v) is 21.2. The van der Waals surface area contributed by atoms with Crippen molar-refractivity contribution in [2.75, 3.05) is 5.32 Å². The molecule has 0 fully saturated rings. The van der Waals surface area contributed by atoms with E-state index in [0.717, 1.165) is 30.6 Å². The molecule has 0 saturated carbocycles. The number of hydrogen-bond acceptors (Lipinski definition) is 3. The van der Waals surface area contributed by atoms with Gasteiger partial charge in [0.05, 0.1) is 33.4 Å². The monoisotopic (exact) mass is 483 g/mol. The van der Waals surface area contributed by atoms with E-state index in [1.807, 2.05) is 28.9 Å². The second-order valence-electron chi connectivity index (χ2n) is 9.66. The topological polar surface area (TPSA) is 46.9 Å². The van der Waals surface area contributed by atoms with Gasteiger partial charge in [0.1, 0.15) is 5.82 Å². The van der Waals surface area contributed by atoms with Crippen molar-refractivity contribution in [1.29, 1.82) is 0 Å². The number of carbonyl (C=O) groups excluding carboxylic acids is 1. The van der Waals surface area contributed by atoms with Crippen LogP contribution < -0.4 is 5.32 Å². The number of carbonyl (C=O) groups is 1. The van der Waals surface area contributed by atoms with Gasteiger partial charge in [0.25, 0.3) is 0 Å². The first kappa shape index (κ1) is 23.8. The highest BCUT2D eigenvalue weighted by Gasteiger charge is 2.38. The molecule has 0 bridgehead atoms. The third-order valence-electron chi connectivity index (χ3n) is 7.24. The second kappa shape index (κ2) is 9.15. The van der Waals surface area contributed by atoms with Crippen LogP contribution in [0.2, 0.25) is 10.0 Å². The summed E-state index contributed by atoms with van der Waals surface area (Å²) in [7, 11) is 0. The lowest BCUT2D eigenvalue weighted by Crippen LogP contribution is -2.38. The number of nitrogens with one attached hydrogen (secondary N) is 1. The maximum absolute atomic E-state index is 13.7. The summed E-state index contributed by atoms with van der Waals surface area (Å²) < 4.78 is 1.97. The van der Waals surface area contributed by atoms with Gasteiger partial charge in [-0.25, -0.2) is 4.68 Å². The highest BCUT2D eigenvalue weighted by atomic mass is 35.5. The highest BCUT2D eigenvalue weighted by molar-refractivity contribution is 6.42. The van der Waals surface area contributed by atoms with Gasteiger partial charge >= 0.3 is 0 Å². The maximum Gasteiger partial charge on any atom is 0.169 e. The zero-order valence-electron chi connectivity index (χ0n) is 19.7. The lowest BCUT2D eigenvalue weighted by Gasteiger charge is -2.38. The number of hydrogen-bond donors (Lipinski definition) is 1. The van der Waals surface area contributed by atoms with Crippen molar-refractivity contribution in [2.24, 2.45) is 0 Å². The molecule has 4 rings (SSSR count). The fourth-order valence-electron chi connectivity index (χ4n) is 5.08. The lowest BCUT2D eigenvalue weighted by atomic mass is 9.71. The fourth-order valence-corrected chi connectivity index (χ4v) is 5.38. The van der Waals surface area contributed by atoms with Crippen molar-refractivity contribution in [3.05, 3.63) is 81.5 Å². The van der Waals surface area contributed by atoms with Crippen LogP contribution in [-0.2, 0) is 11.0 Å². The summed E-state index contributed by atoms with van der Waals surface area (Å²) in [4.78, 5) is 13.7. The number of ketones is 1. The predicted octanol–water partition coefficient (Wildman–Crippen LogP) is 7.81. The first-order valence-electron chi connectivity index (χ1n) is 11.6. The van der Waals surface area contributed by atoms with Gasteiger partial charge in [-0.15, -0.1) is 0 Å². The van der Waals surface area contributed by atoms with Crippen LogP contribution >= 0.6 is 23.2 Å². The van der Waals surface area contributed by atoms with Gasteiger partial charge in [0.2, 0.25) is 0 Å². The fraction of sp³-hybridized carbons (Fsp3) is 0.407. The van der Waals surface area contributed by atoms with Gasteiger partial charge < -0.3 is 5.32 Å². The van der Waals surface area contributed by atoms with Crippen molar-refractivity contribution in [2.45, 2.75) is 70.4 Å². The SMILES string of the molecule is CCC(CC)(CC(=O)c1cnn2c1NC(c1ccccc1)CC2(C)C)c1ccc(Cl)c(Cl)c1. The number of aromatic nitrogens is 2. The molecule has 0 aliphatic carbocycles. The predicted molar refractivity (Wildman–Crippen MR) is 137 cm³/mol. The average Bonchev–Trinajstić information content (AvgIpc) is 3.25. The van der Waals surface area contributed by atoms with Crippen LogP contribution in [0.1, 0.15) is 80.9 Å². The van der Waals surface area contributed by atoms with Crippen LogP contribution in [0.25, 0.3) is 0 Å². The van der Waals surface area contributed by atoms with Crippen LogP contribution in [0, 0.1) is 0 Å². The maximum atomic E-state index is 13.7. The Balaban J connectivity index is 1.68. The number of benzene rings is 2. The van der Waals surface area contributed by atoms with Crippen molar-refractivity contribution >= 4 is 34.8 Å². The van der Waals surface area contributed by atoms with Crippen molar-refractivity contribution in [3.63, 3.8) is 0 Å². The summed E-state index contributed by atoms with van der Waals surface area (Å²) in [6, 6.07) is 16.2. The van der Waals surface area contributed by atoms with E-state index in [1.165, 1.54) is 5.56 Å². The van der Waals surface area contributed by atoms with Gasteiger partial charge in [-0.05, 0) is 56.4 Å². The van der Waals surface area contributed by atoms with Crippen molar-refractivity contribution in [1.82, 2.24) is 9.78 Å². The van der Waals surface area contributed by atoms with Gasteiger partial charge in [0.15, 0.2) is 5.78 Å². The van der Waals surface area contributed by atoms with E-state index in [2.05, 4.69) is 62.4 Å². The molecule has 1 atom stereocenters. The minimum absolute atomic E-state index is 0.0861. The van der Waals surface area contributed by atoms with Crippen molar-refractivity contribution in [3.8, 4) is 0 Å². The summed E-state index contributed by atoms with van der Waals surface area (Å²) in [6.45, 7) is 8.60. The van der Waals surface area contributed by atoms with E-state index in [1.54, 1.807) is 6.20 Å². The molecule has 0 saturated heterocycles. The molecule has 1 N–H and O–H groups in total. The van der Waals surface area contributed by atoms with Crippen molar-refractivity contribution < 1.29 is 4.79 Å². The Morgan fingerprint density at radius 2 is 1.82 bits per heavy atom. The first-order chi connectivity index (χ1) is 15.7. The molecule has 0 amide bonds. The van der Waals surface area contributed by atoms with Gasteiger partial charge in [-0.3, -0.25) is 4.79 Å². The Kier molecular flexibility index (Phi) is 6.61. The van der Waals surface area contributed by atoms with Crippen LogP contribution in [0.4, 0.5) is 5.82 Å². The molecule has 6 heteroatoms. The minimum Gasteiger partial charge on any atom is -0.363 e. The average molecular weight is 484 g/mol. The number of fused-ring (bicyclic) bond motifs is 1. The number of halogens is 2. The summed E-state index contributed by atoms with van der Waals surface area (Å²) in [5, 5.41) is 9.29. The molecular weight excluding hydrogens is 453 g/mol. The van der Waals surface area contributed by atoms with E-state index in [9.17, 15) is 4.79 Å². The van der Waals surface area contributed by atoms with Crippen LogP contribution in [0.15, 0.2) is 54.7 Å². The third-order valence-corrected chi connectivity index (χ3v) is 7.98. The minimum atomic E-state index is -0.316. The molecule has 1 unspecified atom stereocenters. The summed E-state index contributed by atoms with van der Waals surface area (Å²) in [5.74, 6) is 0.892. The molecule has 4 nitrogen and oxygen atoms in total. The summed E-state index contributed by atoms with van der Waals surface area (Å²) in [5.41, 5.74) is 2.38. The van der Waals surface area contributed by atoms with E-state index in [0.29, 0.717) is 22.0 Å². The Morgan fingerprint density at radius 1 is 1.12 bits per heavy atom. The molecule has 33 heavy (non-hydrogen) atoms. The molecule has 0 spiro atoms. The van der Waals surface area contributed by atoms with Gasteiger partial charge in [0, 0.05) is 11.8 Å². The lowest BCUT2D eigenvalue weighted by molar-refractivity contribution is 0.0944. The van der Waals surface area contributed by atoms with Gasteiger partial charge in [-0.2, -0.15) is 5.10 Å². The van der Waals surface area contributed by atoms with Crippen LogP contribution in [0.5, 0.6) is 0 Å². The number of anilines is 1. The smallest absolute Gasteiger partial charge is 0.169 e. The molecule has 1 aliphatic rings. The number of Topliss-reactive ketones (excluding diaryl/α,β-unsaturated/α-hetero) is 1. The molecule has 2 aromatic carbocycles. The van der Waals surface area contributed by atoms with E-state index < -0.39 is 0 Å². The van der Waals surface area contributed by atoms with Gasteiger partial charge in [-0.1, -0.05) is 73.4 Å². The zero-order chi connectivity index (χ0) is 23.8. The first-order valence-corrected chi connectivity index (χ1v) is 12.3. The second-order valence-corrected chi connectivity index (χ2v) is 10.5. The molecule has 0 radical (unpaired) electrons. The quantitative estimate of drug-likeness (QED) is 0.348. The Bertz CT molecular complexity index is 1150. The van der Waals surface area contributed by atoms with Crippen LogP contribution in [0.3, 0.4) is 0 Å². The third kappa shape index (κ3) is 4.43. The van der Waals surface area contributed by atoms with E-state index in [4.69, 9.17) is 23.2 Å². The van der Waals surface area contributed by atoms with E-state index >= 15 is 0 Å².